The van der Waals surface area contributed by atoms with Crippen LogP contribution in [0.25, 0.3) is 0 Å². The van der Waals surface area contributed by atoms with E-state index in [-0.39, 0.29) is 5.69 Å². The zero-order valence-corrected chi connectivity index (χ0v) is 10.9. The summed E-state index contributed by atoms with van der Waals surface area (Å²) in [5.41, 5.74) is 0.685. The lowest BCUT2D eigenvalue weighted by atomic mass is 10.2. The van der Waals surface area contributed by atoms with Crippen molar-refractivity contribution < 1.29 is 4.92 Å². The second kappa shape index (κ2) is 5.79. The Kier molecular flexibility index (Phi) is 4.11. The van der Waals surface area contributed by atoms with Crippen LogP contribution in [0, 0.1) is 10.1 Å². The molecule has 1 heterocycles. The van der Waals surface area contributed by atoms with Gasteiger partial charge in [-0.2, -0.15) is 0 Å². The van der Waals surface area contributed by atoms with Gasteiger partial charge in [-0.05, 0) is 6.07 Å². The molecule has 18 heavy (non-hydrogen) atoms. The molecular formula is C11H10ClN3O2S. The van der Waals surface area contributed by atoms with Crippen LogP contribution in [0.3, 0.4) is 0 Å². The van der Waals surface area contributed by atoms with Gasteiger partial charge in [-0.15, -0.1) is 11.3 Å². The number of benzene rings is 1. The van der Waals surface area contributed by atoms with Crippen LogP contribution in [0.15, 0.2) is 29.8 Å². The summed E-state index contributed by atoms with van der Waals surface area (Å²) in [6.07, 6.45) is 2.56. The number of non-ortho nitro benzene ring substituents is 1. The monoisotopic (exact) mass is 283 g/mol. The number of nitro groups is 1. The highest BCUT2D eigenvalue weighted by Crippen LogP contribution is 2.26. The summed E-state index contributed by atoms with van der Waals surface area (Å²) in [5, 5.41) is 17.0. The Balaban J connectivity index is 1.95. The summed E-state index contributed by atoms with van der Waals surface area (Å²) in [7, 11) is 0. The molecule has 0 radical (unpaired) electrons. The highest BCUT2D eigenvalue weighted by atomic mass is 35.5. The number of hydrogen-bond acceptors (Lipinski definition) is 5. The third-order valence-electron chi connectivity index (χ3n) is 2.30. The fourth-order valence-corrected chi connectivity index (χ4v) is 2.30. The molecule has 2 aromatic rings. The second-order valence-electron chi connectivity index (χ2n) is 3.52. The normalized spacial score (nSPS) is 10.3. The van der Waals surface area contributed by atoms with E-state index in [9.17, 15) is 10.1 Å². The van der Waals surface area contributed by atoms with Crippen LogP contribution in [-0.4, -0.2) is 16.5 Å². The van der Waals surface area contributed by atoms with E-state index in [0.29, 0.717) is 17.3 Å². The highest BCUT2D eigenvalue weighted by molar-refractivity contribution is 7.09. The minimum Gasteiger partial charge on any atom is -0.383 e. The molecule has 0 saturated carbocycles. The molecule has 0 fully saturated rings. The van der Waals surface area contributed by atoms with Crippen LogP contribution < -0.4 is 5.32 Å². The Morgan fingerprint density at radius 1 is 1.50 bits per heavy atom. The third-order valence-corrected chi connectivity index (χ3v) is 3.45. The van der Waals surface area contributed by atoms with Gasteiger partial charge in [-0.25, -0.2) is 4.98 Å². The number of aromatic nitrogens is 1. The predicted octanol–water partition coefficient (Wildman–Crippen LogP) is 3.36. The lowest BCUT2D eigenvalue weighted by molar-refractivity contribution is -0.384. The molecule has 0 bridgehead atoms. The molecule has 5 nitrogen and oxygen atoms in total. The number of nitrogens with one attached hydrogen (secondary N) is 1. The molecule has 0 saturated heterocycles. The van der Waals surface area contributed by atoms with Crippen LogP contribution in [0.2, 0.25) is 5.02 Å². The Labute approximate surface area is 113 Å². The van der Waals surface area contributed by atoms with Gasteiger partial charge in [0.1, 0.15) is 0 Å². The molecule has 0 aliphatic heterocycles. The molecule has 1 aromatic carbocycles. The first-order valence-corrected chi connectivity index (χ1v) is 6.49. The maximum atomic E-state index is 10.6. The molecular weight excluding hydrogens is 274 g/mol. The minimum absolute atomic E-state index is 0.00882. The van der Waals surface area contributed by atoms with Crippen molar-refractivity contribution in [3.8, 4) is 0 Å². The van der Waals surface area contributed by atoms with Crippen molar-refractivity contribution in [2.45, 2.75) is 6.42 Å². The average Bonchev–Trinajstić information content (AvgIpc) is 2.84. The summed E-state index contributed by atoms with van der Waals surface area (Å²) in [5.74, 6) is 0. The van der Waals surface area contributed by atoms with Gasteiger partial charge < -0.3 is 5.32 Å². The first-order chi connectivity index (χ1) is 8.66. The molecule has 1 N–H and O–H groups in total. The molecule has 94 valence electrons. The lowest BCUT2D eigenvalue weighted by Gasteiger charge is -2.06. The molecule has 0 aliphatic rings. The number of anilines is 1. The van der Waals surface area contributed by atoms with Gasteiger partial charge in [0, 0.05) is 36.7 Å². The highest BCUT2D eigenvalue weighted by Gasteiger charge is 2.08. The molecule has 2 rings (SSSR count). The fraction of sp³-hybridized carbons (Fsp3) is 0.182. The number of thiazole rings is 1. The van der Waals surface area contributed by atoms with Gasteiger partial charge in [0.2, 0.25) is 0 Å². The summed E-state index contributed by atoms with van der Waals surface area (Å²) in [4.78, 5) is 14.2. The molecule has 1 aromatic heterocycles. The fourth-order valence-electron chi connectivity index (χ4n) is 1.44. The van der Waals surface area contributed by atoms with E-state index in [0.717, 1.165) is 11.4 Å². The van der Waals surface area contributed by atoms with E-state index in [1.54, 1.807) is 23.6 Å². The quantitative estimate of drug-likeness (QED) is 0.675. The van der Waals surface area contributed by atoms with Gasteiger partial charge in [-0.3, -0.25) is 10.1 Å². The zero-order valence-electron chi connectivity index (χ0n) is 9.30. The van der Waals surface area contributed by atoms with Gasteiger partial charge in [-0.1, -0.05) is 11.6 Å². The Morgan fingerprint density at radius 2 is 2.33 bits per heavy atom. The van der Waals surface area contributed by atoms with Crippen molar-refractivity contribution >= 4 is 34.3 Å². The largest absolute Gasteiger partial charge is 0.383 e. The van der Waals surface area contributed by atoms with Crippen LogP contribution in [-0.2, 0) is 6.42 Å². The van der Waals surface area contributed by atoms with E-state index in [2.05, 4.69) is 10.3 Å². The molecule has 0 atom stereocenters. The zero-order chi connectivity index (χ0) is 13.0. The maximum Gasteiger partial charge on any atom is 0.271 e. The van der Waals surface area contributed by atoms with Crippen molar-refractivity contribution in [2.75, 3.05) is 11.9 Å². The van der Waals surface area contributed by atoms with Crippen molar-refractivity contribution in [3.63, 3.8) is 0 Å². The van der Waals surface area contributed by atoms with E-state index < -0.39 is 4.92 Å². The third kappa shape index (κ3) is 3.18. The molecule has 0 unspecified atom stereocenters. The Hall–Kier alpha value is -1.66. The smallest absolute Gasteiger partial charge is 0.271 e. The van der Waals surface area contributed by atoms with Gasteiger partial charge in [0.15, 0.2) is 0 Å². The Morgan fingerprint density at radius 3 is 2.94 bits per heavy atom. The first kappa shape index (κ1) is 12.8. The van der Waals surface area contributed by atoms with Crippen molar-refractivity contribution in [2.24, 2.45) is 0 Å². The summed E-state index contributed by atoms with van der Waals surface area (Å²) < 4.78 is 0. The summed E-state index contributed by atoms with van der Waals surface area (Å²) in [6, 6.07) is 4.38. The molecule has 0 spiro atoms. The molecule has 0 aliphatic carbocycles. The van der Waals surface area contributed by atoms with Gasteiger partial charge in [0.25, 0.3) is 5.69 Å². The lowest BCUT2D eigenvalue weighted by Crippen LogP contribution is -2.05. The van der Waals surface area contributed by atoms with E-state index in [1.165, 1.54) is 12.1 Å². The van der Waals surface area contributed by atoms with Crippen LogP contribution in [0.1, 0.15) is 5.01 Å². The SMILES string of the molecule is O=[N+]([O-])c1ccc(NCCc2nccs2)c(Cl)c1. The maximum absolute atomic E-state index is 10.6. The average molecular weight is 284 g/mol. The van der Waals surface area contributed by atoms with E-state index >= 15 is 0 Å². The van der Waals surface area contributed by atoms with Crippen molar-refractivity contribution in [1.82, 2.24) is 4.98 Å². The first-order valence-electron chi connectivity index (χ1n) is 5.23. The topological polar surface area (TPSA) is 68.1 Å². The standard InChI is InChI=1S/C11H10ClN3O2S/c12-9-7-8(15(16)17)1-2-10(9)13-4-3-11-14-5-6-18-11/h1-2,5-7,13H,3-4H2. The second-order valence-corrected chi connectivity index (χ2v) is 4.91. The molecule has 7 heteroatoms. The number of halogens is 1. The summed E-state index contributed by atoms with van der Waals surface area (Å²) in [6.45, 7) is 0.686. The molecule has 0 amide bonds. The minimum atomic E-state index is -0.467. The van der Waals surface area contributed by atoms with Crippen molar-refractivity contribution in [3.05, 3.63) is 49.9 Å². The number of rotatable bonds is 5. The number of nitro benzene ring substituents is 1. The number of hydrogen-bond donors (Lipinski definition) is 1. The van der Waals surface area contributed by atoms with Crippen molar-refractivity contribution in [1.29, 1.82) is 0 Å². The van der Waals surface area contributed by atoms with Crippen LogP contribution in [0.4, 0.5) is 11.4 Å². The number of nitrogens with zero attached hydrogens (tertiary/aromatic N) is 2. The Bertz CT molecular complexity index is 545. The summed E-state index contributed by atoms with van der Waals surface area (Å²) >= 11 is 7.55. The predicted molar refractivity (Wildman–Crippen MR) is 72.4 cm³/mol. The van der Waals surface area contributed by atoms with Gasteiger partial charge >= 0.3 is 0 Å². The van der Waals surface area contributed by atoms with Crippen LogP contribution in [0.5, 0.6) is 0 Å². The van der Waals surface area contributed by atoms with Crippen LogP contribution >= 0.6 is 22.9 Å². The van der Waals surface area contributed by atoms with E-state index in [1.807, 2.05) is 5.38 Å². The van der Waals surface area contributed by atoms with E-state index in [4.69, 9.17) is 11.6 Å². The van der Waals surface area contributed by atoms with Gasteiger partial charge in [0.05, 0.1) is 20.6 Å².